The number of carbonyl (C=O) groups is 1. The Kier molecular flexibility index (Phi) is 4.24. The highest BCUT2D eigenvalue weighted by molar-refractivity contribution is 5.94. The SMILES string of the molecule is Cc1cccc2nc(CN3CCN(C(=O)c4ccccc4)CC3)cn12. The largest absolute Gasteiger partial charge is 0.336 e. The van der Waals surface area contributed by atoms with E-state index in [0.29, 0.717) is 0 Å². The number of imidazole rings is 1. The summed E-state index contributed by atoms with van der Waals surface area (Å²) in [6, 6.07) is 15.7. The van der Waals surface area contributed by atoms with Gasteiger partial charge in [0.15, 0.2) is 0 Å². The maximum atomic E-state index is 12.5. The average molecular weight is 334 g/mol. The maximum Gasteiger partial charge on any atom is 0.253 e. The number of piperazine rings is 1. The highest BCUT2D eigenvalue weighted by Crippen LogP contribution is 2.13. The highest BCUT2D eigenvalue weighted by atomic mass is 16.2. The number of aryl methyl sites for hydroxylation is 1. The van der Waals surface area contributed by atoms with Crippen LogP contribution in [0, 0.1) is 6.92 Å². The molecule has 0 unspecified atom stereocenters. The fourth-order valence-electron chi connectivity index (χ4n) is 3.38. The minimum Gasteiger partial charge on any atom is -0.336 e. The quantitative estimate of drug-likeness (QED) is 0.739. The molecule has 0 spiro atoms. The number of hydrogen-bond acceptors (Lipinski definition) is 3. The molecule has 0 bridgehead atoms. The zero-order valence-corrected chi connectivity index (χ0v) is 14.4. The summed E-state index contributed by atoms with van der Waals surface area (Å²) in [4.78, 5) is 21.5. The van der Waals surface area contributed by atoms with Gasteiger partial charge in [0.2, 0.25) is 0 Å². The van der Waals surface area contributed by atoms with Crippen molar-refractivity contribution in [1.82, 2.24) is 19.2 Å². The fourth-order valence-corrected chi connectivity index (χ4v) is 3.38. The topological polar surface area (TPSA) is 40.9 Å². The molecule has 3 aromatic rings. The number of aromatic nitrogens is 2. The van der Waals surface area contributed by atoms with E-state index in [9.17, 15) is 4.79 Å². The highest BCUT2D eigenvalue weighted by Gasteiger charge is 2.22. The van der Waals surface area contributed by atoms with Crippen molar-refractivity contribution in [1.29, 1.82) is 0 Å². The van der Waals surface area contributed by atoms with Crippen molar-refractivity contribution >= 4 is 11.6 Å². The second-order valence-electron chi connectivity index (χ2n) is 6.56. The number of hydrogen-bond donors (Lipinski definition) is 0. The lowest BCUT2D eigenvalue weighted by Gasteiger charge is -2.34. The van der Waals surface area contributed by atoms with Crippen LogP contribution in [-0.4, -0.2) is 51.3 Å². The number of fused-ring (bicyclic) bond motifs is 1. The summed E-state index contributed by atoms with van der Waals surface area (Å²) in [5.74, 6) is 0.128. The van der Waals surface area contributed by atoms with Gasteiger partial charge in [-0.25, -0.2) is 4.98 Å². The Balaban J connectivity index is 1.38. The molecule has 1 aliphatic rings. The van der Waals surface area contributed by atoms with E-state index < -0.39 is 0 Å². The summed E-state index contributed by atoms with van der Waals surface area (Å²) in [6.45, 7) is 6.21. The molecule has 0 N–H and O–H groups in total. The molecular weight excluding hydrogens is 312 g/mol. The number of amides is 1. The van der Waals surface area contributed by atoms with Crippen LogP contribution in [-0.2, 0) is 6.54 Å². The number of carbonyl (C=O) groups excluding carboxylic acids is 1. The van der Waals surface area contributed by atoms with Crippen LogP contribution >= 0.6 is 0 Å². The monoisotopic (exact) mass is 334 g/mol. The molecule has 1 amide bonds. The molecule has 1 saturated heterocycles. The van der Waals surface area contributed by atoms with Crippen LogP contribution in [0.1, 0.15) is 21.7 Å². The second kappa shape index (κ2) is 6.69. The Morgan fingerprint density at radius 1 is 1.00 bits per heavy atom. The molecule has 25 heavy (non-hydrogen) atoms. The van der Waals surface area contributed by atoms with Crippen molar-refractivity contribution in [2.75, 3.05) is 26.2 Å². The lowest BCUT2D eigenvalue weighted by atomic mass is 10.2. The minimum atomic E-state index is 0.128. The minimum absolute atomic E-state index is 0.128. The Morgan fingerprint density at radius 2 is 1.76 bits per heavy atom. The van der Waals surface area contributed by atoms with Gasteiger partial charge in [-0.2, -0.15) is 0 Å². The molecule has 1 aromatic carbocycles. The van der Waals surface area contributed by atoms with Gasteiger partial charge in [0.25, 0.3) is 5.91 Å². The maximum absolute atomic E-state index is 12.5. The van der Waals surface area contributed by atoms with E-state index in [2.05, 4.69) is 28.5 Å². The van der Waals surface area contributed by atoms with E-state index in [1.165, 1.54) is 5.69 Å². The van der Waals surface area contributed by atoms with Gasteiger partial charge in [0, 0.05) is 50.2 Å². The van der Waals surface area contributed by atoms with E-state index in [0.717, 1.165) is 49.6 Å². The zero-order chi connectivity index (χ0) is 17.2. The van der Waals surface area contributed by atoms with E-state index in [-0.39, 0.29) is 5.91 Å². The third-order valence-corrected chi connectivity index (χ3v) is 4.81. The summed E-state index contributed by atoms with van der Waals surface area (Å²) in [6.07, 6.45) is 2.12. The van der Waals surface area contributed by atoms with Crippen molar-refractivity contribution in [2.45, 2.75) is 13.5 Å². The molecule has 0 radical (unpaired) electrons. The third kappa shape index (κ3) is 3.28. The zero-order valence-electron chi connectivity index (χ0n) is 14.4. The number of benzene rings is 1. The lowest BCUT2D eigenvalue weighted by Crippen LogP contribution is -2.48. The first-order chi connectivity index (χ1) is 12.2. The molecule has 0 aliphatic carbocycles. The summed E-state index contributed by atoms with van der Waals surface area (Å²) >= 11 is 0. The van der Waals surface area contributed by atoms with Gasteiger partial charge in [0.1, 0.15) is 5.65 Å². The molecule has 2 aromatic heterocycles. The number of rotatable bonds is 3. The molecular formula is C20H22N4O. The Hall–Kier alpha value is -2.66. The third-order valence-electron chi connectivity index (χ3n) is 4.81. The predicted molar refractivity (Wildman–Crippen MR) is 97.6 cm³/mol. The standard InChI is InChI=1S/C20H22N4O/c1-16-6-5-9-19-21-18(15-24(16)19)14-22-10-12-23(13-11-22)20(25)17-7-3-2-4-8-17/h2-9,15H,10-14H2,1H3. The van der Waals surface area contributed by atoms with Crippen LogP contribution in [0.25, 0.3) is 5.65 Å². The normalized spacial score (nSPS) is 15.6. The van der Waals surface area contributed by atoms with Gasteiger partial charge >= 0.3 is 0 Å². The van der Waals surface area contributed by atoms with E-state index in [4.69, 9.17) is 4.98 Å². The van der Waals surface area contributed by atoms with Crippen LogP contribution in [0.5, 0.6) is 0 Å². The Morgan fingerprint density at radius 3 is 2.48 bits per heavy atom. The van der Waals surface area contributed by atoms with Crippen molar-refractivity contribution < 1.29 is 4.79 Å². The second-order valence-corrected chi connectivity index (χ2v) is 6.56. The molecule has 0 atom stereocenters. The number of pyridine rings is 1. The summed E-state index contributed by atoms with van der Waals surface area (Å²) < 4.78 is 2.13. The number of nitrogens with zero attached hydrogens (tertiary/aromatic N) is 4. The van der Waals surface area contributed by atoms with E-state index >= 15 is 0 Å². The first-order valence-corrected chi connectivity index (χ1v) is 8.71. The molecule has 5 heteroatoms. The van der Waals surface area contributed by atoms with Crippen LogP contribution in [0.4, 0.5) is 0 Å². The first-order valence-electron chi connectivity index (χ1n) is 8.71. The molecule has 1 aliphatic heterocycles. The first kappa shape index (κ1) is 15.8. The van der Waals surface area contributed by atoms with Gasteiger partial charge in [-0.1, -0.05) is 24.3 Å². The van der Waals surface area contributed by atoms with Gasteiger partial charge in [-0.3, -0.25) is 9.69 Å². The fraction of sp³-hybridized carbons (Fsp3) is 0.300. The van der Waals surface area contributed by atoms with Crippen LogP contribution in [0.3, 0.4) is 0 Å². The Labute approximate surface area is 147 Å². The average Bonchev–Trinajstić information content (AvgIpc) is 3.06. The molecule has 128 valence electrons. The molecule has 4 rings (SSSR count). The van der Waals surface area contributed by atoms with Gasteiger partial charge < -0.3 is 9.30 Å². The van der Waals surface area contributed by atoms with Gasteiger partial charge in [-0.05, 0) is 31.2 Å². The Bertz CT molecular complexity index is 879. The van der Waals surface area contributed by atoms with Crippen molar-refractivity contribution in [2.24, 2.45) is 0 Å². The van der Waals surface area contributed by atoms with Gasteiger partial charge in [-0.15, -0.1) is 0 Å². The van der Waals surface area contributed by atoms with E-state index in [1.807, 2.05) is 47.4 Å². The van der Waals surface area contributed by atoms with Crippen molar-refractivity contribution in [3.8, 4) is 0 Å². The summed E-state index contributed by atoms with van der Waals surface area (Å²) in [5.41, 5.74) is 4.03. The van der Waals surface area contributed by atoms with E-state index in [1.54, 1.807) is 0 Å². The summed E-state index contributed by atoms with van der Waals surface area (Å²) in [5, 5.41) is 0. The molecule has 1 fully saturated rings. The lowest BCUT2D eigenvalue weighted by molar-refractivity contribution is 0.0627. The predicted octanol–water partition coefficient (Wildman–Crippen LogP) is 2.60. The summed E-state index contributed by atoms with van der Waals surface area (Å²) in [7, 11) is 0. The molecule has 5 nitrogen and oxygen atoms in total. The smallest absolute Gasteiger partial charge is 0.253 e. The van der Waals surface area contributed by atoms with Gasteiger partial charge in [0.05, 0.1) is 5.69 Å². The van der Waals surface area contributed by atoms with Crippen LogP contribution < -0.4 is 0 Å². The molecule has 0 saturated carbocycles. The van der Waals surface area contributed by atoms with Crippen LogP contribution in [0.15, 0.2) is 54.7 Å². The van der Waals surface area contributed by atoms with Crippen molar-refractivity contribution in [3.05, 3.63) is 71.7 Å². The van der Waals surface area contributed by atoms with Crippen molar-refractivity contribution in [3.63, 3.8) is 0 Å². The molecule has 3 heterocycles. The van der Waals surface area contributed by atoms with Crippen LogP contribution in [0.2, 0.25) is 0 Å².